The van der Waals surface area contributed by atoms with Crippen molar-refractivity contribution in [2.75, 3.05) is 0 Å². The van der Waals surface area contributed by atoms with Gasteiger partial charge >= 0.3 is 0 Å². The van der Waals surface area contributed by atoms with Crippen LogP contribution in [0.2, 0.25) is 0 Å². The molecule has 0 radical (unpaired) electrons. The summed E-state index contributed by atoms with van der Waals surface area (Å²) in [7, 11) is 1.98. The van der Waals surface area contributed by atoms with Gasteiger partial charge in [0.1, 0.15) is 5.82 Å². The van der Waals surface area contributed by atoms with Gasteiger partial charge in [-0.2, -0.15) is 0 Å². The van der Waals surface area contributed by atoms with Crippen molar-refractivity contribution < 1.29 is 0 Å². The number of nitrogens with two attached hydrogens (primary N) is 1. The fourth-order valence-electron chi connectivity index (χ4n) is 2.10. The molecule has 5 heteroatoms. The number of aromatic nitrogens is 3. The molecule has 0 aliphatic carbocycles. The van der Waals surface area contributed by atoms with Crippen molar-refractivity contribution in [2.24, 2.45) is 12.9 Å². The van der Waals surface area contributed by atoms with Crippen molar-refractivity contribution in [3.63, 3.8) is 0 Å². The smallest absolute Gasteiger partial charge is 0.110 e. The van der Waals surface area contributed by atoms with Gasteiger partial charge in [-0.1, -0.05) is 6.07 Å². The molecule has 0 saturated carbocycles. The first-order valence-corrected chi connectivity index (χ1v) is 5.98. The molecule has 1 atom stereocenters. The molecule has 18 heavy (non-hydrogen) atoms. The lowest BCUT2D eigenvalue weighted by Gasteiger charge is -2.18. The third kappa shape index (κ3) is 2.57. The minimum absolute atomic E-state index is 0.0270. The Morgan fingerprint density at radius 3 is 2.72 bits per heavy atom. The van der Waals surface area contributed by atoms with Crippen molar-refractivity contribution in [3.05, 3.63) is 47.3 Å². The van der Waals surface area contributed by atoms with E-state index in [2.05, 4.69) is 21.5 Å². The molecule has 1 unspecified atom stereocenters. The van der Waals surface area contributed by atoms with Crippen molar-refractivity contribution in [1.82, 2.24) is 20.0 Å². The predicted octanol–water partition coefficient (Wildman–Crippen LogP) is 1.18. The fraction of sp³-hybridized carbons (Fsp3) is 0.385. The molecule has 0 aliphatic heterocycles. The van der Waals surface area contributed by atoms with Crippen LogP contribution in [0.25, 0.3) is 0 Å². The monoisotopic (exact) mass is 245 g/mol. The molecule has 2 heterocycles. The predicted molar refractivity (Wildman–Crippen MR) is 70.7 cm³/mol. The maximum atomic E-state index is 5.66. The number of imidazole rings is 1. The Morgan fingerprint density at radius 1 is 1.39 bits per heavy atom. The zero-order valence-corrected chi connectivity index (χ0v) is 11.0. The lowest BCUT2D eigenvalue weighted by Crippen LogP contribution is -2.31. The van der Waals surface area contributed by atoms with Crippen LogP contribution in [0.3, 0.4) is 0 Å². The van der Waals surface area contributed by atoms with Crippen LogP contribution in [-0.4, -0.2) is 14.5 Å². The van der Waals surface area contributed by atoms with Crippen LogP contribution in [0.4, 0.5) is 0 Å². The summed E-state index contributed by atoms with van der Waals surface area (Å²) in [5.41, 5.74) is 5.99. The topological polar surface area (TPSA) is 68.8 Å². The van der Waals surface area contributed by atoms with E-state index in [1.54, 1.807) is 6.20 Å². The number of aryl methyl sites for hydroxylation is 3. The van der Waals surface area contributed by atoms with Crippen LogP contribution < -0.4 is 11.3 Å². The molecular weight excluding hydrogens is 226 g/mol. The third-order valence-corrected chi connectivity index (χ3v) is 3.15. The Bertz CT molecular complexity index is 532. The summed E-state index contributed by atoms with van der Waals surface area (Å²) < 4.78 is 2.00. The van der Waals surface area contributed by atoms with E-state index in [-0.39, 0.29) is 6.04 Å². The second kappa shape index (κ2) is 5.29. The molecule has 0 fully saturated rings. The molecule has 3 N–H and O–H groups in total. The highest BCUT2D eigenvalue weighted by Crippen LogP contribution is 2.19. The van der Waals surface area contributed by atoms with E-state index in [9.17, 15) is 0 Å². The van der Waals surface area contributed by atoms with Gasteiger partial charge in [0.05, 0.1) is 6.04 Å². The lowest BCUT2D eigenvalue weighted by molar-refractivity contribution is 0.526. The van der Waals surface area contributed by atoms with Crippen molar-refractivity contribution in [3.8, 4) is 0 Å². The van der Waals surface area contributed by atoms with E-state index in [0.717, 1.165) is 29.2 Å². The Morgan fingerprint density at radius 2 is 2.17 bits per heavy atom. The first-order chi connectivity index (χ1) is 8.61. The Hall–Kier alpha value is -1.72. The first kappa shape index (κ1) is 12.7. The highest BCUT2D eigenvalue weighted by atomic mass is 15.2. The quantitative estimate of drug-likeness (QED) is 0.627. The number of hydrogen-bond donors (Lipinski definition) is 2. The summed E-state index contributed by atoms with van der Waals surface area (Å²) in [5, 5.41) is 0. The van der Waals surface area contributed by atoms with Gasteiger partial charge in [0.15, 0.2) is 0 Å². The molecule has 0 saturated heterocycles. The van der Waals surface area contributed by atoms with E-state index >= 15 is 0 Å². The molecule has 96 valence electrons. The molecule has 0 spiro atoms. The van der Waals surface area contributed by atoms with Crippen LogP contribution in [0.15, 0.2) is 24.5 Å². The largest absolute Gasteiger partial charge is 0.338 e. The molecule has 2 aromatic rings. The molecule has 5 nitrogen and oxygen atoms in total. The molecule has 0 amide bonds. The van der Waals surface area contributed by atoms with Crippen LogP contribution in [0.5, 0.6) is 0 Å². The Balaban J connectivity index is 2.26. The average Bonchev–Trinajstić information content (AvgIpc) is 2.73. The molecule has 2 aromatic heterocycles. The Labute approximate surface area is 107 Å². The van der Waals surface area contributed by atoms with Gasteiger partial charge in [0.25, 0.3) is 0 Å². The zero-order valence-electron chi connectivity index (χ0n) is 11.0. The van der Waals surface area contributed by atoms with Crippen LogP contribution in [0, 0.1) is 13.8 Å². The standard InChI is InChI=1S/C13H19N5/c1-9-4-5-11(10(2)16-9)12(17-14)8-13-15-6-7-18(13)3/h4-7,12,17H,8,14H2,1-3H3. The highest BCUT2D eigenvalue weighted by molar-refractivity contribution is 5.26. The Kier molecular flexibility index (Phi) is 3.74. The first-order valence-electron chi connectivity index (χ1n) is 5.98. The van der Waals surface area contributed by atoms with Gasteiger partial charge in [-0.25, -0.2) is 4.98 Å². The van der Waals surface area contributed by atoms with Gasteiger partial charge in [-0.05, 0) is 25.5 Å². The van der Waals surface area contributed by atoms with Gasteiger partial charge in [-0.3, -0.25) is 16.3 Å². The number of hydrogen-bond acceptors (Lipinski definition) is 4. The van der Waals surface area contributed by atoms with E-state index in [1.807, 2.05) is 37.7 Å². The van der Waals surface area contributed by atoms with E-state index < -0.39 is 0 Å². The second-order valence-electron chi connectivity index (χ2n) is 4.51. The van der Waals surface area contributed by atoms with Crippen LogP contribution >= 0.6 is 0 Å². The highest BCUT2D eigenvalue weighted by Gasteiger charge is 2.15. The summed E-state index contributed by atoms with van der Waals surface area (Å²) in [6.07, 6.45) is 4.47. The van der Waals surface area contributed by atoms with Crippen molar-refractivity contribution in [2.45, 2.75) is 26.3 Å². The van der Waals surface area contributed by atoms with Gasteiger partial charge in [0, 0.05) is 37.3 Å². The maximum absolute atomic E-state index is 5.66. The number of hydrazine groups is 1. The van der Waals surface area contributed by atoms with Gasteiger partial charge < -0.3 is 4.57 Å². The SMILES string of the molecule is Cc1ccc(C(Cc2nccn2C)NN)c(C)n1. The molecule has 0 bridgehead atoms. The molecule has 2 rings (SSSR count). The summed E-state index contributed by atoms with van der Waals surface area (Å²) in [4.78, 5) is 8.79. The molecule has 0 aliphatic rings. The van der Waals surface area contributed by atoms with Crippen LogP contribution in [-0.2, 0) is 13.5 Å². The zero-order chi connectivity index (χ0) is 13.1. The summed E-state index contributed by atoms with van der Waals surface area (Å²) in [5.74, 6) is 6.66. The third-order valence-electron chi connectivity index (χ3n) is 3.15. The van der Waals surface area contributed by atoms with E-state index in [1.165, 1.54) is 0 Å². The lowest BCUT2D eigenvalue weighted by atomic mass is 10.0. The summed E-state index contributed by atoms with van der Waals surface area (Å²) in [6.45, 7) is 3.99. The van der Waals surface area contributed by atoms with Gasteiger partial charge in [0.2, 0.25) is 0 Å². The van der Waals surface area contributed by atoms with E-state index in [0.29, 0.717) is 0 Å². The number of nitrogens with one attached hydrogen (secondary N) is 1. The molecular formula is C13H19N5. The maximum Gasteiger partial charge on any atom is 0.110 e. The normalized spacial score (nSPS) is 12.7. The summed E-state index contributed by atoms with van der Waals surface area (Å²) in [6, 6.07) is 4.11. The van der Waals surface area contributed by atoms with Gasteiger partial charge in [-0.15, -0.1) is 0 Å². The number of nitrogens with zero attached hydrogens (tertiary/aromatic N) is 3. The number of rotatable bonds is 4. The van der Waals surface area contributed by atoms with E-state index in [4.69, 9.17) is 5.84 Å². The molecule has 0 aromatic carbocycles. The second-order valence-corrected chi connectivity index (χ2v) is 4.51. The minimum atomic E-state index is 0.0270. The number of pyridine rings is 1. The average molecular weight is 245 g/mol. The minimum Gasteiger partial charge on any atom is -0.338 e. The fourth-order valence-corrected chi connectivity index (χ4v) is 2.10. The van der Waals surface area contributed by atoms with Crippen molar-refractivity contribution in [1.29, 1.82) is 0 Å². The van der Waals surface area contributed by atoms with Crippen molar-refractivity contribution >= 4 is 0 Å². The van der Waals surface area contributed by atoms with Crippen LogP contribution in [0.1, 0.15) is 28.8 Å². The summed E-state index contributed by atoms with van der Waals surface area (Å²) >= 11 is 0.